The lowest BCUT2D eigenvalue weighted by Gasteiger charge is -2.34. The number of carbonyl (C=O) groups is 2. The summed E-state index contributed by atoms with van der Waals surface area (Å²) >= 11 is 0. The molecule has 0 saturated carbocycles. The molecule has 1 fully saturated rings. The first-order chi connectivity index (χ1) is 9.97. The van der Waals surface area contributed by atoms with Crippen LogP contribution in [-0.2, 0) is 16.0 Å². The molecular formula is C15H21N3O3. The Bertz CT molecular complexity index is 545. The number of hydrogen-bond donors (Lipinski definition) is 1. The van der Waals surface area contributed by atoms with Gasteiger partial charge in [-0.1, -0.05) is 0 Å². The van der Waals surface area contributed by atoms with Crippen molar-refractivity contribution < 1.29 is 14.7 Å². The van der Waals surface area contributed by atoms with Gasteiger partial charge >= 0.3 is 5.97 Å². The minimum Gasteiger partial charge on any atom is -0.481 e. The maximum atomic E-state index is 11.8. The van der Waals surface area contributed by atoms with Crippen molar-refractivity contribution in [2.75, 3.05) is 6.54 Å². The van der Waals surface area contributed by atoms with Gasteiger partial charge in [0.05, 0.1) is 12.5 Å². The van der Waals surface area contributed by atoms with Crippen LogP contribution in [0.4, 0.5) is 0 Å². The van der Waals surface area contributed by atoms with E-state index in [1.54, 1.807) is 6.92 Å². The largest absolute Gasteiger partial charge is 0.481 e. The van der Waals surface area contributed by atoms with Crippen molar-refractivity contribution in [3.05, 3.63) is 23.3 Å². The number of likely N-dealkylation sites (tertiary alicyclic amines) is 1. The first-order valence-corrected chi connectivity index (χ1v) is 7.31. The van der Waals surface area contributed by atoms with Crippen molar-refractivity contribution in [3.63, 3.8) is 0 Å². The Morgan fingerprint density at radius 3 is 2.81 bits per heavy atom. The number of rotatable bonds is 4. The molecule has 1 N–H and O–H groups in total. The fourth-order valence-corrected chi connectivity index (χ4v) is 2.75. The van der Waals surface area contributed by atoms with Gasteiger partial charge in [0.2, 0.25) is 5.91 Å². The van der Waals surface area contributed by atoms with Crippen molar-refractivity contribution in [2.24, 2.45) is 0 Å². The van der Waals surface area contributed by atoms with Crippen molar-refractivity contribution in [2.45, 2.75) is 52.0 Å². The van der Waals surface area contributed by atoms with E-state index in [1.165, 1.54) is 0 Å². The first-order valence-electron chi connectivity index (χ1n) is 7.31. The van der Waals surface area contributed by atoms with E-state index in [-0.39, 0.29) is 18.4 Å². The van der Waals surface area contributed by atoms with E-state index < -0.39 is 5.97 Å². The molecule has 1 aromatic rings. The summed E-state index contributed by atoms with van der Waals surface area (Å²) in [5, 5.41) is 8.78. The molecule has 1 saturated heterocycles. The standard InChI is InChI=1S/C15H21N3O3/c1-10-9-12(6-7-14(20)21)17-15(16-10)13-5-3-4-8-18(13)11(2)19/h9,13H,3-8H2,1-2H3,(H,20,21). The van der Waals surface area contributed by atoms with Crippen LogP contribution in [0.1, 0.15) is 55.9 Å². The van der Waals surface area contributed by atoms with Crippen molar-refractivity contribution >= 4 is 11.9 Å². The lowest BCUT2D eigenvalue weighted by Crippen LogP contribution is -2.38. The van der Waals surface area contributed by atoms with Crippen LogP contribution in [0, 0.1) is 6.92 Å². The molecule has 0 bridgehead atoms. The summed E-state index contributed by atoms with van der Waals surface area (Å²) in [5.74, 6) is -0.155. The number of aryl methyl sites for hydroxylation is 2. The molecule has 2 rings (SSSR count). The van der Waals surface area contributed by atoms with Crippen LogP contribution in [0.15, 0.2) is 6.07 Å². The number of amides is 1. The lowest BCUT2D eigenvalue weighted by atomic mass is 10.0. The summed E-state index contributed by atoms with van der Waals surface area (Å²) in [7, 11) is 0. The molecule has 21 heavy (non-hydrogen) atoms. The molecular weight excluding hydrogens is 270 g/mol. The minimum absolute atomic E-state index is 0.0388. The lowest BCUT2D eigenvalue weighted by molar-refractivity contribution is -0.137. The fourth-order valence-electron chi connectivity index (χ4n) is 2.75. The first kappa shape index (κ1) is 15.4. The third kappa shape index (κ3) is 4.00. The highest BCUT2D eigenvalue weighted by Crippen LogP contribution is 2.29. The molecule has 1 aliphatic heterocycles. The molecule has 1 aliphatic rings. The molecule has 1 aromatic heterocycles. The van der Waals surface area contributed by atoms with Crippen LogP contribution < -0.4 is 0 Å². The summed E-state index contributed by atoms with van der Waals surface area (Å²) in [4.78, 5) is 33.2. The number of carboxylic acids is 1. The number of carbonyl (C=O) groups excluding carboxylic acids is 1. The van der Waals surface area contributed by atoms with Gasteiger partial charge in [-0.3, -0.25) is 9.59 Å². The molecule has 6 heteroatoms. The van der Waals surface area contributed by atoms with Crippen molar-refractivity contribution in [1.82, 2.24) is 14.9 Å². The normalized spacial score (nSPS) is 18.6. The topological polar surface area (TPSA) is 83.4 Å². The Hall–Kier alpha value is -1.98. The van der Waals surface area contributed by atoms with E-state index in [2.05, 4.69) is 9.97 Å². The SMILES string of the molecule is CC(=O)N1CCCCC1c1nc(C)cc(CCC(=O)O)n1. The van der Waals surface area contributed by atoms with Gasteiger partial charge in [-0.25, -0.2) is 9.97 Å². The number of piperidine rings is 1. The van der Waals surface area contributed by atoms with Gasteiger partial charge in [0, 0.05) is 31.3 Å². The average molecular weight is 291 g/mol. The molecule has 0 aliphatic carbocycles. The van der Waals surface area contributed by atoms with Gasteiger partial charge in [-0.15, -0.1) is 0 Å². The Morgan fingerprint density at radius 2 is 2.14 bits per heavy atom. The Kier molecular flexibility index (Phi) is 4.88. The highest BCUT2D eigenvalue weighted by Gasteiger charge is 2.28. The van der Waals surface area contributed by atoms with E-state index >= 15 is 0 Å². The number of nitrogens with zero attached hydrogens (tertiary/aromatic N) is 3. The van der Waals surface area contributed by atoms with Gasteiger partial charge < -0.3 is 10.0 Å². The Balaban J connectivity index is 2.24. The predicted octanol–water partition coefficient (Wildman–Crippen LogP) is 1.88. The molecule has 0 aromatic carbocycles. The number of carboxylic acid groups (broad SMARTS) is 1. The second kappa shape index (κ2) is 6.65. The second-order valence-corrected chi connectivity index (χ2v) is 5.48. The summed E-state index contributed by atoms with van der Waals surface area (Å²) in [6.07, 6.45) is 3.36. The number of aliphatic carboxylic acids is 1. The summed E-state index contributed by atoms with van der Waals surface area (Å²) in [6.45, 7) is 4.18. The minimum atomic E-state index is -0.837. The fraction of sp³-hybridized carbons (Fsp3) is 0.600. The summed E-state index contributed by atoms with van der Waals surface area (Å²) < 4.78 is 0. The van der Waals surface area contributed by atoms with Gasteiger partial charge in [0.15, 0.2) is 5.82 Å². The summed E-state index contributed by atoms with van der Waals surface area (Å²) in [6, 6.07) is 1.73. The number of aromatic nitrogens is 2. The molecule has 1 unspecified atom stereocenters. The highest BCUT2D eigenvalue weighted by atomic mass is 16.4. The zero-order valence-corrected chi connectivity index (χ0v) is 12.5. The predicted molar refractivity (Wildman–Crippen MR) is 76.7 cm³/mol. The molecule has 0 radical (unpaired) electrons. The van der Waals surface area contributed by atoms with E-state index in [9.17, 15) is 9.59 Å². The van der Waals surface area contributed by atoms with E-state index in [0.29, 0.717) is 12.2 Å². The van der Waals surface area contributed by atoms with Gasteiger partial charge in [0.1, 0.15) is 0 Å². The zero-order valence-electron chi connectivity index (χ0n) is 12.5. The van der Waals surface area contributed by atoms with Crippen LogP contribution in [-0.4, -0.2) is 38.4 Å². The van der Waals surface area contributed by atoms with Crippen molar-refractivity contribution in [3.8, 4) is 0 Å². The molecule has 1 atom stereocenters. The second-order valence-electron chi connectivity index (χ2n) is 5.48. The van der Waals surface area contributed by atoms with Gasteiger partial charge in [-0.2, -0.15) is 0 Å². The van der Waals surface area contributed by atoms with Crippen LogP contribution >= 0.6 is 0 Å². The van der Waals surface area contributed by atoms with Crippen LogP contribution in [0.3, 0.4) is 0 Å². The van der Waals surface area contributed by atoms with E-state index in [1.807, 2.05) is 17.9 Å². The smallest absolute Gasteiger partial charge is 0.303 e. The maximum absolute atomic E-state index is 11.8. The Morgan fingerprint density at radius 1 is 1.38 bits per heavy atom. The molecule has 6 nitrogen and oxygen atoms in total. The molecule has 0 spiro atoms. The third-order valence-corrected chi connectivity index (χ3v) is 3.72. The summed E-state index contributed by atoms with van der Waals surface area (Å²) in [5.41, 5.74) is 1.54. The monoisotopic (exact) mass is 291 g/mol. The van der Waals surface area contributed by atoms with E-state index in [4.69, 9.17) is 5.11 Å². The molecule has 2 heterocycles. The quantitative estimate of drug-likeness (QED) is 0.915. The van der Waals surface area contributed by atoms with Crippen LogP contribution in [0.5, 0.6) is 0 Å². The van der Waals surface area contributed by atoms with Gasteiger partial charge in [0.25, 0.3) is 0 Å². The Labute approximate surface area is 124 Å². The van der Waals surface area contributed by atoms with Crippen LogP contribution in [0.25, 0.3) is 0 Å². The third-order valence-electron chi connectivity index (χ3n) is 3.72. The van der Waals surface area contributed by atoms with Gasteiger partial charge in [-0.05, 0) is 32.3 Å². The van der Waals surface area contributed by atoms with Crippen molar-refractivity contribution in [1.29, 1.82) is 0 Å². The maximum Gasteiger partial charge on any atom is 0.303 e. The highest BCUT2D eigenvalue weighted by molar-refractivity contribution is 5.73. The molecule has 114 valence electrons. The zero-order chi connectivity index (χ0) is 15.4. The number of hydrogen-bond acceptors (Lipinski definition) is 4. The van der Waals surface area contributed by atoms with E-state index in [0.717, 1.165) is 37.2 Å². The van der Waals surface area contributed by atoms with Crippen LogP contribution in [0.2, 0.25) is 0 Å². The molecule has 1 amide bonds. The average Bonchev–Trinajstić information content (AvgIpc) is 2.44.